The predicted octanol–water partition coefficient (Wildman–Crippen LogP) is 1.37. The van der Waals surface area contributed by atoms with Crippen LogP contribution in [0.1, 0.15) is 49.4 Å². The number of carbonyl (C=O) groups excluding carboxylic acids is 1. The van der Waals surface area contributed by atoms with E-state index in [1.165, 1.54) is 40.2 Å². The summed E-state index contributed by atoms with van der Waals surface area (Å²) < 4.78 is 28.6. The highest BCUT2D eigenvalue weighted by Gasteiger charge is 2.28. The van der Waals surface area contributed by atoms with Crippen LogP contribution in [0.4, 0.5) is 11.5 Å². The molecule has 0 atom stereocenters. The zero-order chi connectivity index (χ0) is 23.5. The van der Waals surface area contributed by atoms with Crippen LogP contribution in [-0.4, -0.2) is 48.3 Å². The summed E-state index contributed by atoms with van der Waals surface area (Å²) in [6.45, 7) is 3.15. The molecule has 1 amide bonds. The Morgan fingerprint density at radius 2 is 1.88 bits per heavy atom. The summed E-state index contributed by atoms with van der Waals surface area (Å²) in [5.41, 5.74) is 4.60. The molecule has 174 valence electrons. The number of nitrogens with one attached hydrogen (secondary N) is 1. The molecule has 1 aliphatic rings. The largest absolute Gasteiger partial charge is 0.383 e. The third-order valence-electron chi connectivity index (χ3n) is 5.62. The molecule has 1 aliphatic heterocycles. The van der Waals surface area contributed by atoms with E-state index < -0.39 is 27.2 Å². The second kappa shape index (κ2) is 9.70. The van der Waals surface area contributed by atoms with Crippen molar-refractivity contribution in [1.29, 1.82) is 0 Å². The number of nitrogens with zero attached hydrogens (tertiary/aromatic N) is 3. The van der Waals surface area contributed by atoms with E-state index in [-0.39, 0.29) is 22.0 Å². The first-order valence-corrected chi connectivity index (χ1v) is 12.1. The molecule has 0 saturated carbocycles. The number of aromatic amines is 1. The van der Waals surface area contributed by atoms with Crippen molar-refractivity contribution in [2.45, 2.75) is 50.5 Å². The number of unbranched alkanes of at least 4 members (excludes halogenated alkanes) is 1. The summed E-state index contributed by atoms with van der Waals surface area (Å²) in [4.78, 5) is 41.0. The van der Waals surface area contributed by atoms with Crippen LogP contribution >= 0.6 is 0 Å². The first-order valence-electron chi connectivity index (χ1n) is 10.7. The third-order valence-corrected chi connectivity index (χ3v) is 7.52. The molecule has 3 N–H and O–H groups in total. The monoisotopic (exact) mass is 463 g/mol. The normalized spacial score (nSPS) is 14.9. The number of amides is 1. The minimum atomic E-state index is -3.72. The van der Waals surface area contributed by atoms with Gasteiger partial charge >= 0.3 is 5.69 Å². The van der Waals surface area contributed by atoms with E-state index >= 15 is 0 Å². The lowest BCUT2D eigenvalue weighted by Crippen LogP contribution is -2.39. The number of nitrogen functional groups attached to an aromatic ring is 1. The number of carbonyl (C=O) groups is 1. The van der Waals surface area contributed by atoms with E-state index in [1.807, 2.05) is 6.92 Å². The maximum atomic E-state index is 13.1. The molecule has 0 aliphatic carbocycles. The van der Waals surface area contributed by atoms with Crippen molar-refractivity contribution >= 4 is 27.4 Å². The maximum absolute atomic E-state index is 13.1. The van der Waals surface area contributed by atoms with Gasteiger partial charge in [-0.15, -0.1) is 0 Å². The van der Waals surface area contributed by atoms with Crippen LogP contribution in [0.15, 0.2) is 38.8 Å². The van der Waals surface area contributed by atoms with Gasteiger partial charge in [-0.25, -0.2) is 13.2 Å². The van der Waals surface area contributed by atoms with E-state index in [9.17, 15) is 22.8 Å². The minimum Gasteiger partial charge on any atom is -0.383 e. The lowest BCUT2D eigenvalue weighted by atomic mass is 10.2. The van der Waals surface area contributed by atoms with Gasteiger partial charge in [-0.1, -0.05) is 25.8 Å². The molecule has 1 aromatic carbocycles. The van der Waals surface area contributed by atoms with Crippen LogP contribution in [0.25, 0.3) is 0 Å². The smallest absolute Gasteiger partial charge is 0.330 e. The van der Waals surface area contributed by atoms with Crippen molar-refractivity contribution in [2.75, 3.05) is 30.8 Å². The summed E-state index contributed by atoms with van der Waals surface area (Å²) in [5.74, 6) is -0.723. The topological polar surface area (TPSA) is 139 Å². The molecule has 32 heavy (non-hydrogen) atoms. The van der Waals surface area contributed by atoms with E-state index in [4.69, 9.17) is 5.73 Å². The quantitative estimate of drug-likeness (QED) is 0.636. The molecule has 0 spiro atoms. The summed E-state index contributed by atoms with van der Waals surface area (Å²) in [6.07, 6.45) is 4.08. The first-order chi connectivity index (χ1) is 15.2. The lowest BCUT2D eigenvalue weighted by Gasteiger charge is -2.26. The highest BCUT2D eigenvalue weighted by Crippen LogP contribution is 2.23. The summed E-state index contributed by atoms with van der Waals surface area (Å²) >= 11 is 0. The number of sulfonamides is 1. The summed E-state index contributed by atoms with van der Waals surface area (Å²) in [5, 5.41) is 0. The molecule has 3 rings (SSSR count). The van der Waals surface area contributed by atoms with E-state index in [0.717, 1.165) is 30.6 Å². The Hall–Kier alpha value is -2.92. The average molecular weight is 464 g/mol. The van der Waals surface area contributed by atoms with Crippen molar-refractivity contribution in [2.24, 2.45) is 0 Å². The molecule has 11 heteroatoms. The number of aromatic nitrogens is 2. The maximum Gasteiger partial charge on any atom is 0.330 e. The van der Waals surface area contributed by atoms with Crippen LogP contribution in [0.5, 0.6) is 0 Å². The molecule has 0 radical (unpaired) electrons. The zero-order valence-electron chi connectivity index (χ0n) is 18.3. The standard InChI is InChI=1S/C21H29N5O5S/c1-3-4-13-26-18(22)17(19(27)23-21(26)29)24(2)20(28)15-9-8-10-16(14-15)32(30,31)25-11-6-5-7-12-25/h8-10,14H,3-7,11-13,22H2,1-2H3,(H,23,27,29). The highest BCUT2D eigenvalue weighted by atomic mass is 32.2. The van der Waals surface area contributed by atoms with Gasteiger partial charge in [0.05, 0.1) is 4.90 Å². The molecular weight excluding hydrogens is 434 g/mol. The number of hydrogen-bond donors (Lipinski definition) is 2. The van der Waals surface area contributed by atoms with Gasteiger partial charge in [0.25, 0.3) is 11.5 Å². The third kappa shape index (κ3) is 4.63. The molecule has 1 saturated heterocycles. The molecule has 1 fully saturated rings. The molecule has 2 aromatic rings. The summed E-state index contributed by atoms with van der Waals surface area (Å²) in [7, 11) is -2.36. The van der Waals surface area contributed by atoms with Crippen molar-refractivity contribution in [3.63, 3.8) is 0 Å². The zero-order valence-corrected chi connectivity index (χ0v) is 19.2. The number of nitrogens with two attached hydrogens (primary N) is 1. The Kier molecular flexibility index (Phi) is 7.19. The fourth-order valence-electron chi connectivity index (χ4n) is 3.78. The fourth-order valence-corrected chi connectivity index (χ4v) is 5.34. The van der Waals surface area contributed by atoms with Crippen LogP contribution in [0.3, 0.4) is 0 Å². The Labute approximate surface area is 186 Å². The lowest BCUT2D eigenvalue weighted by molar-refractivity contribution is 0.0992. The van der Waals surface area contributed by atoms with Gasteiger partial charge in [0.15, 0.2) is 5.69 Å². The SMILES string of the molecule is CCCCn1c(N)c(N(C)C(=O)c2cccc(S(=O)(=O)N3CCCCC3)c2)c(=O)[nH]c1=O. The Morgan fingerprint density at radius 1 is 1.19 bits per heavy atom. The van der Waals surface area contributed by atoms with Gasteiger partial charge in [-0.2, -0.15) is 4.31 Å². The Morgan fingerprint density at radius 3 is 2.53 bits per heavy atom. The molecule has 0 unspecified atom stereocenters. The van der Waals surface area contributed by atoms with Crippen LogP contribution < -0.4 is 21.9 Å². The van der Waals surface area contributed by atoms with Gasteiger partial charge in [-0.05, 0) is 37.5 Å². The van der Waals surface area contributed by atoms with Crippen LogP contribution in [-0.2, 0) is 16.6 Å². The number of benzene rings is 1. The fraction of sp³-hybridized carbons (Fsp3) is 0.476. The summed E-state index contributed by atoms with van der Waals surface area (Å²) in [6, 6.07) is 5.73. The van der Waals surface area contributed by atoms with Gasteiger partial charge in [-0.3, -0.25) is 19.1 Å². The number of piperidine rings is 1. The Bertz CT molecular complexity index is 1210. The van der Waals surface area contributed by atoms with E-state index in [2.05, 4.69) is 4.98 Å². The molecule has 10 nitrogen and oxygen atoms in total. The second-order valence-corrected chi connectivity index (χ2v) is 9.79. The van der Waals surface area contributed by atoms with Crippen LogP contribution in [0, 0.1) is 0 Å². The van der Waals surface area contributed by atoms with Crippen LogP contribution in [0.2, 0.25) is 0 Å². The molecule has 1 aromatic heterocycles. The number of hydrogen-bond acceptors (Lipinski definition) is 6. The predicted molar refractivity (Wildman–Crippen MR) is 122 cm³/mol. The minimum absolute atomic E-state index is 0.0217. The van der Waals surface area contributed by atoms with Crippen molar-refractivity contribution in [3.8, 4) is 0 Å². The Balaban J connectivity index is 1.96. The number of anilines is 2. The first kappa shape index (κ1) is 23.7. The van der Waals surface area contributed by atoms with Gasteiger partial charge in [0, 0.05) is 32.2 Å². The van der Waals surface area contributed by atoms with Crippen molar-refractivity contribution in [1.82, 2.24) is 13.9 Å². The van der Waals surface area contributed by atoms with E-state index in [0.29, 0.717) is 26.1 Å². The second-order valence-electron chi connectivity index (χ2n) is 7.86. The van der Waals surface area contributed by atoms with Crippen molar-refractivity contribution in [3.05, 3.63) is 50.7 Å². The molecule has 0 bridgehead atoms. The molecular formula is C21H29N5O5S. The van der Waals surface area contributed by atoms with Gasteiger partial charge in [0.1, 0.15) is 5.82 Å². The number of H-pyrrole nitrogens is 1. The van der Waals surface area contributed by atoms with Gasteiger partial charge < -0.3 is 10.6 Å². The molecule has 2 heterocycles. The number of rotatable bonds is 7. The van der Waals surface area contributed by atoms with E-state index in [1.54, 1.807) is 0 Å². The van der Waals surface area contributed by atoms with Crippen molar-refractivity contribution < 1.29 is 13.2 Å². The average Bonchev–Trinajstić information content (AvgIpc) is 2.78. The highest BCUT2D eigenvalue weighted by molar-refractivity contribution is 7.89. The van der Waals surface area contributed by atoms with Gasteiger partial charge in [0.2, 0.25) is 10.0 Å².